The lowest BCUT2D eigenvalue weighted by atomic mass is 10.1. The molecule has 17 heavy (non-hydrogen) atoms. The van der Waals surface area contributed by atoms with Gasteiger partial charge >= 0.3 is 0 Å². The normalized spacial score (nSPS) is 11.2. The zero-order valence-electron chi connectivity index (χ0n) is 11.6. The molecule has 1 heteroatoms. The van der Waals surface area contributed by atoms with Crippen LogP contribution in [0.5, 0.6) is 0 Å². The molecule has 0 unspecified atom stereocenters. The van der Waals surface area contributed by atoms with E-state index in [9.17, 15) is 0 Å². The van der Waals surface area contributed by atoms with Crippen LogP contribution >= 0.6 is 0 Å². The highest BCUT2D eigenvalue weighted by molar-refractivity contribution is 5.90. The Morgan fingerprint density at radius 3 is 2.53 bits per heavy atom. The predicted octanol–water partition coefficient (Wildman–Crippen LogP) is 5.32. The lowest BCUT2D eigenvalue weighted by Crippen LogP contribution is -1.77. The van der Waals surface area contributed by atoms with Crippen LogP contribution < -0.4 is 0 Å². The van der Waals surface area contributed by atoms with E-state index in [0.29, 0.717) is 0 Å². The van der Waals surface area contributed by atoms with Crippen LogP contribution in [-0.4, -0.2) is 4.98 Å². The maximum absolute atomic E-state index is 3.41. The minimum Gasteiger partial charge on any atom is -0.358 e. The van der Waals surface area contributed by atoms with E-state index in [1.807, 2.05) is 13.8 Å². The van der Waals surface area contributed by atoms with E-state index in [0.717, 1.165) is 6.42 Å². The lowest BCUT2D eigenvalue weighted by molar-refractivity contribution is 1.11. The van der Waals surface area contributed by atoms with Gasteiger partial charge in [0, 0.05) is 22.2 Å². The first kappa shape index (κ1) is 13.6. The molecule has 0 aliphatic heterocycles. The summed E-state index contributed by atoms with van der Waals surface area (Å²) < 4.78 is 0. The van der Waals surface area contributed by atoms with Crippen molar-refractivity contribution in [3.63, 3.8) is 0 Å². The van der Waals surface area contributed by atoms with E-state index >= 15 is 0 Å². The number of H-pyrrole nitrogens is 1. The summed E-state index contributed by atoms with van der Waals surface area (Å²) in [5, 5.41) is 1.32. The fraction of sp³-hybridized carbons (Fsp3) is 0.375. The second-order valence-corrected chi connectivity index (χ2v) is 4.05. The highest BCUT2D eigenvalue weighted by atomic mass is 14.7. The molecule has 0 saturated heterocycles. The minimum atomic E-state index is 1.11. The van der Waals surface area contributed by atoms with E-state index in [1.165, 1.54) is 27.7 Å². The van der Waals surface area contributed by atoms with Crippen molar-refractivity contribution in [2.24, 2.45) is 0 Å². The molecule has 0 amide bonds. The Morgan fingerprint density at radius 2 is 1.88 bits per heavy atom. The molecule has 0 aliphatic carbocycles. The zero-order valence-corrected chi connectivity index (χ0v) is 11.6. The smallest absolute Gasteiger partial charge is 0.0462 e. The number of rotatable bonds is 2. The topological polar surface area (TPSA) is 15.8 Å². The molecular weight excluding hydrogens is 206 g/mol. The molecule has 1 nitrogen and oxygen atoms in total. The van der Waals surface area contributed by atoms with Gasteiger partial charge in [0.2, 0.25) is 0 Å². The van der Waals surface area contributed by atoms with Gasteiger partial charge in [-0.2, -0.15) is 0 Å². The molecule has 0 saturated carbocycles. The van der Waals surface area contributed by atoms with Crippen LogP contribution in [0.25, 0.3) is 17.0 Å². The molecule has 92 valence electrons. The van der Waals surface area contributed by atoms with Crippen LogP contribution in [0.4, 0.5) is 0 Å². The Balaban J connectivity index is 0.000000686. The lowest BCUT2D eigenvalue weighted by Gasteiger charge is -1.97. The van der Waals surface area contributed by atoms with Gasteiger partial charge in [-0.05, 0) is 26.3 Å². The molecule has 0 aliphatic rings. The van der Waals surface area contributed by atoms with Gasteiger partial charge in [0.25, 0.3) is 0 Å². The van der Waals surface area contributed by atoms with Gasteiger partial charge in [-0.1, -0.05) is 50.6 Å². The largest absolute Gasteiger partial charge is 0.358 e. The number of aromatic amines is 1. The van der Waals surface area contributed by atoms with Crippen LogP contribution in [0, 0.1) is 6.92 Å². The summed E-state index contributed by atoms with van der Waals surface area (Å²) in [6.45, 7) is 10.5. The number of fused-ring (bicyclic) bond motifs is 1. The number of aromatic nitrogens is 1. The number of hydrogen-bond acceptors (Lipinski definition) is 0. The summed E-state index contributed by atoms with van der Waals surface area (Å²) in [5.41, 5.74) is 5.24. The molecule has 0 atom stereocenters. The molecule has 1 aromatic carbocycles. The van der Waals surface area contributed by atoms with E-state index in [-0.39, 0.29) is 0 Å². The molecule has 2 aromatic rings. The van der Waals surface area contributed by atoms with Crippen molar-refractivity contribution in [1.82, 2.24) is 4.98 Å². The summed E-state index contributed by atoms with van der Waals surface area (Å²) in [7, 11) is 0. The molecule has 1 heterocycles. The highest BCUT2D eigenvalue weighted by Gasteiger charge is 2.04. The van der Waals surface area contributed by atoms with Crippen LogP contribution in [0.1, 0.15) is 45.4 Å². The highest BCUT2D eigenvalue weighted by Crippen LogP contribution is 2.24. The fourth-order valence-electron chi connectivity index (χ4n) is 1.83. The van der Waals surface area contributed by atoms with Gasteiger partial charge in [0.15, 0.2) is 0 Å². The van der Waals surface area contributed by atoms with E-state index < -0.39 is 0 Å². The Labute approximate surface area is 105 Å². The average Bonchev–Trinajstić information content (AvgIpc) is 2.68. The Kier molecular flexibility index (Phi) is 5.02. The number of hydrogen-bond donors (Lipinski definition) is 1. The Hall–Kier alpha value is -1.50. The van der Waals surface area contributed by atoms with E-state index in [1.54, 1.807) is 0 Å². The van der Waals surface area contributed by atoms with Crippen molar-refractivity contribution in [1.29, 1.82) is 0 Å². The van der Waals surface area contributed by atoms with Gasteiger partial charge in [0.05, 0.1) is 0 Å². The van der Waals surface area contributed by atoms with Gasteiger partial charge in [-0.3, -0.25) is 0 Å². The minimum absolute atomic E-state index is 1.11. The molecule has 0 radical (unpaired) electrons. The third-order valence-corrected chi connectivity index (χ3v) is 2.89. The van der Waals surface area contributed by atoms with Gasteiger partial charge in [-0.25, -0.2) is 0 Å². The van der Waals surface area contributed by atoms with E-state index in [4.69, 9.17) is 0 Å². The summed E-state index contributed by atoms with van der Waals surface area (Å²) in [5.74, 6) is 0. The molecule has 1 N–H and O–H groups in total. The predicted molar refractivity (Wildman–Crippen MR) is 78.3 cm³/mol. The average molecular weight is 229 g/mol. The van der Waals surface area contributed by atoms with Crippen LogP contribution in [-0.2, 0) is 0 Å². The number of allylic oxidation sites excluding steroid dienone is 1. The van der Waals surface area contributed by atoms with Gasteiger partial charge in [0.1, 0.15) is 0 Å². The quantitative estimate of drug-likeness (QED) is 0.717. The van der Waals surface area contributed by atoms with Gasteiger partial charge in [-0.15, -0.1) is 0 Å². The van der Waals surface area contributed by atoms with E-state index in [2.05, 4.69) is 56.1 Å². The first-order chi connectivity index (χ1) is 8.22. The standard InChI is InChI=1S/C14H17N.C2H6/c1-4-10(2)9-13-11(3)15-14-8-6-5-7-12(13)14;1-2/h5-9,15H,4H2,1-3H3;1-2H3/b10-9-;. The van der Waals surface area contributed by atoms with Crippen molar-refractivity contribution < 1.29 is 0 Å². The molecule has 0 bridgehead atoms. The molecule has 0 fully saturated rings. The number of nitrogens with one attached hydrogen (secondary N) is 1. The number of aryl methyl sites for hydroxylation is 1. The zero-order chi connectivity index (χ0) is 12.8. The third-order valence-electron chi connectivity index (χ3n) is 2.89. The molecule has 1 aromatic heterocycles. The maximum atomic E-state index is 3.41. The second-order valence-electron chi connectivity index (χ2n) is 4.05. The molecular formula is C16H23N. The van der Waals surface area contributed by atoms with Crippen molar-refractivity contribution in [2.45, 2.75) is 41.0 Å². The third kappa shape index (κ3) is 3.00. The van der Waals surface area contributed by atoms with Gasteiger partial charge < -0.3 is 4.98 Å². The monoisotopic (exact) mass is 229 g/mol. The summed E-state index contributed by atoms with van der Waals surface area (Å²) >= 11 is 0. The second kappa shape index (κ2) is 6.29. The van der Waals surface area contributed by atoms with Crippen LogP contribution in [0.15, 0.2) is 29.8 Å². The SMILES string of the molecule is CC.CC/C(C)=C\c1c(C)[nH]c2ccccc12. The first-order valence-electron chi connectivity index (χ1n) is 6.47. The van der Waals surface area contributed by atoms with Crippen molar-refractivity contribution >= 4 is 17.0 Å². The molecule has 0 spiro atoms. The van der Waals surface area contributed by atoms with Crippen molar-refractivity contribution in [2.75, 3.05) is 0 Å². The number of benzene rings is 1. The first-order valence-corrected chi connectivity index (χ1v) is 6.47. The summed E-state index contributed by atoms with van der Waals surface area (Å²) in [6, 6.07) is 8.46. The summed E-state index contributed by atoms with van der Waals surface area (Å²) in [6.07, 6.45) is 3.40. The van der Waals surface area contributed by atoms with Crippen LogP contribution in [0.2, 0.25) is 0 Å². The van der Waals surface area contributed by atoms with Crippen molar-refractivity contribution in [3.05, 3.63) is 41.1 Å². The number of para-hydroxylation sites is 1. The maximum Gasteiger partial charge on any atom is 0.0462 e. The Bertz CT molecular complexity index is 503. The van der Waals surface area contributed by atoms with Crippen molar-refractivity contribution in [3.8, 4) is 0 Å². The van der Waals surface area contributed by atoms with Crippen LogP contribution in [0.3, 0.4) is 0 Å². The Morgan fingerprint density at radius 1 is 1.24 bits per heavy atom. The summed E-state index contributed by atoms with van der Waals surface area (Å²) in [4.78, 5) is 3.41. The molecule has 2 rings (SSSR count). The fourth-order valence-corrected chi connectivity index (χ4v) is 1.83.